The number of nitrogen functional groups attached to an aromatic ring is 3. The first-order valence-electron chi connectivity index (χ1n) is 2.93. The van der Waals surface area contributed by atoms with Crippen molar-refractivity contribution in [1.82, 2.24) is 9.66 Å². The highest BCUT2D eigenvalue weighted by Gasteiger charge is 2.03. The van der Waals surface area contributed by atoms with Crippen LogP contribution in [-0.2, 0) is 0 Å². The van der Waals surface area contributed by atoms with Crippen LogP contribution in [0.4, 0.5) is 11.5 Å². The summed E-state index contributed by atoms with van der Waals surface area (Å²) >= 11 is 4.78. The van der Waals surface area contributed by atoms with E-state index in [9.17, 15) is 0 Å². The van der Waals surface area contributed by atoms with Crippen LogP contribution >= 0.6 is 12.2 Å². The average molecular weight is 171 g/mol. The number of nitrogens with zero attached hydrogens (tertiary/aromatic N) is 2. The fourth-order valence-electron chi connectivity index (χ4n) is 0.676. The molecule has 1 heterocycles. The fourth-order valence-corrected chi connectivity index (χ4v) is 0.911. The molecule has 0 saturated heterocycles. The molecule has 6 N–H and O–H groups in total. The molecular formula is C5H9N5S. The molecule has 0 amide bonds. The molecule has 1 aromatic heterocycles. The van der Waals surface area contributed by atoms with Crippen LogP contribution in [0.25, 0.3) is 0 Å². The first-order valence-corrected chi connectivity index (χ1v) is 3.34. The molecule has 0 atom stereocenters. The Morgan fingerprint density at radius 1 is 1.45 bits per heavy atom. The lowest BCUT2D eigenvalue weighted by Crippen LogP contribution is -2.18. The Bertz CT molecular complexity index is 341. The van der Waals surface area contributed by atoms with E-state index in [-0.39, 0.29) is 10.6 Å². The predicted octanol–water partition coefficient (Wildman–Crippen LogP) is -0.201. The van der Waals surface area contributed by atoms with Gasteiger partial charge in [-0.3, -0.25) is 0 Å². The summed E-state index contributed by atoms with van der Waals surface area (Å²) in [5.41, 5.74) is 11.9. The molecule has 1 rings (SSSR count). The van der Waals surface area contributed by atoms with Gasteiger partial charge >= 0.3 is 0 Å². The summed E-state index contributed by atoms with van der Waals surface area (Å²) < 4.78 is 1.45. The van der Waals surface area contributed by atoms with E-state index in [1.165, 1.54) is 4.68 Å². The number of rotatable bonds is 0. The summed E-state index contributed by atoms with van der Waals surface area (Å²) in [5, 5.41) is 0. The Morgan fingerprint density at radius 2 is 2.00 bits per heavy atom. The summed E-state index contributed by atoms with van der Waals surface area (Å²) in [6, 6.07) is 0. The van der Waals surface area contributed by atoms with Gasteiger partial charge in [-0.2, -0.15) is 4.98 Å². The van der Waals surface area contributed by atoms with Gasteiger partial charge in [0.2, 0.25) is 4.77 Å². The van der Waals surface area contributed by atoms with E-state index in [4.69, 9.17) is 29.5 Å². The van der Waals surface area contributed by atoms with Gasteiger partial charge in [-0.1, -0.05) is 0 Å². The zero-order valence-electron chi connectivity index (χ0n) is 6.03. The first-order chi connectivity index (χ1) is 5.04. The van der Waals surface area contributed by atoms with Crippen molar-refractivity contribution < 1.29 is 0 Å². The van der Waals surface area contributed by atoms with Crippen molar-refractivity contribution in [3.05, 3.63) is 10.5 Å². The van der Waals surface area contributed by atoms with E-state index in [0.717, 1.165) is 0 Å². The monoisotopic (exact) mass is 171 g/mol. The molecule has 0 radical (unpaired) electrons. The zero-order chi connectivity index (χ0) is 8.59. The molecule has 6 heteroatoms. The standard InChI is InChI=1S/C5H9N5S/c1-2-3(6)4(7)9-5(11)10(2)8/h6,8H2,1H3,(H2,7,9,11). The van der Waals surface area contributed by atoms with E-state index < -0.39 is 0 Å². The predicted molar refractivity (Wildman–Crippen MR) is 46.8 cm³/mol. The van der Waals surface area contributed by atoms with E-state index >= 15 is 0 Å². The summed E-state index contributed by atoms with van der Waals surface area (Å²) in [5.74, 6) is 5.70. The second kappa shape index (κ2) is 2.39. The lowest BCUT2D eigenvalue weighted by atomic mass is 10.3. The topological polar surface area (TPSA) is 95.9 Å². The Kier molecular flexibility index (Phi) is 1.69. The molecule has 0 saturated carbocycles. The largest absolute Gasteiger partial charge is 0.394 e. The molecule has 0 spiro atoms. The number of anilines is 2. The first kappa shape index (κ1) is 7.80. The van der Waals surface area contributed by atoms with E-state index in [1.807, 2.05) is 0 Å². The van der Waals surface area contributed by atoms with E-state index in [1.54, 1.807) is 6.92 Å². The smallest absolute Gasteiger partial charge is 0.220 e. The maximum atomic E-state index is 5.52. The highest BCUT2D eigenvalue weighted by atomic mass is 32.1. The average Bonchev–Trinajstić information content (AvgIpc) is 1.97. The van der Waals surface area contributed by atoms with Gasteiger partial charge in [-0.25, -0.2) is 4.68 Å². The van der Waals surface area contributed by atoms with Crippen molar-refractivity contribution in [2.24, 2.45) is 0 Å². The van der Waals surface area contributed by atoms with E-state index in [0.29, 0.717) is 11.4 Å². The van der Waals surface area contributed by atoms with Crippen LogP contribution in [0.2, 0.25) is 0 Å². The van der Waals surface area contributed by atoms with Gasteiger partial charge in [0.05, 0.1) is 11.4 Å². The van der Waals surface area contributed by atoms with E-state index in [2.05, 4.69) is 4.98 Å². The molecule has 5 nitrogen and oxygen atoms in total. The van der Waals surface area contributed by atoms with Crippen molar-refractivity contribution >= 4 is 23.7 Å². The molecule has 0 aromatic carbocycles. The molecule has 0 aliphatic heterocycles. The molecule has 0 aliphatic carbocycles. The van der Waals surface area contributed by atoms with Crippen LogP contribution in [0.1, 0.15) is 5.69 Å². The maximum Gasteiger partial charge on any atom is 0.220 e. The van der Waals surface area contributed by atoms with Crippen LogP contribution in [0.15, 0.2) is 0 Å². The van der Waals surface area contributed by atoms with Gasteiger partial charge in [-0.05, 0) is 19.1 Å². The van der Waals surface area contributed by atoms with Crippen molar-refractivity contribution in [3.8, 4) is 0 Å². The lowest BCUT2D eigenvalue weighted by molar-refractivity contribution is 0.874. The Labute approximate surface area is 68.8 Å². The molecule has 0 unspecified atom stereocenters. The normalized spacial score (nSPS) is 9.91. The Morgan fingerprint density at radius 3 is 2.55 bits per heavy atom. The fraction of sp³-hybridized carbons (Fsp3) is 0.200. The highest BCUT2D eigenvalue weighted by molar-refractivity contribution is 7.71. The summed E-state index contributed by atoms with van der Waals surface area (Å²) in [6.07, 6.45) is 0. The van der Waals surface area contributed by atoms with Crippen LogP contribution < -0.4 is 17.3 Å². The van der Waals surface area contributed by atoms with Gasteiger partial charge in [0.1, 0.15) is 0 Å². The quantitative estimate of drug-likeness (QED) is 0.371. The Balaban J connectivity index is 3.59. The third-order valence-electron chi connectivity index (χ3n) is 1.45. The molecule has 0 bridgehead atoms. The summed E-state index contributed by atoms with van der Waals surface area (Å²) in [6.45, 7) is 1.73. The van der Waals surface area contributed by atoms with Crippen molar-refractivity contribution in [3.63, 3.8) is 0 Å². The third-order valence-corrected chi connectivity index (χ3v) is 1.74. The van der Waals surface area contributed by atoms with Crippen LogP contribution in [0.5, 0.6) is 0 Å². The molecule has 1 aromatic rings. The number of hydrogen-bond donors (Lipinski definition) is 3. The zero-order valence-corrected chi connectivity index (χ0v) is 6.85. The van der Waals surface area contributed by atoms with Gasteiger partial charge < -0.3 is 17.3 Å². The van der Waals surface area contributed by atoms with Gasteiger partial charge in [-0.15, -0.1) is 0 Å². The Hall–Kier alpha value is -1.30. The van der Waals surface area contributed by atoms with Crippen molar-refractivity contribution in [2.75, 3.05) is 17.3 Å². The number of hydrogen-bond acceptors (Lipinski definition) is 5. The summed E-state index contributed by atoms with van der Waals surface area (Å²) in [7, 11) is 0. The molecular weight excluding hydrogens is 162 g/mol. The SMILES string of the molecule is Cc1c(N)c(N)nc(=S)n1N. The number of nitrogens with two attached hydrogens (primary N) is 3. The molecule has 0 aliphatic rings. The summed E-state index contributed by atoms with van der Waals surface area (Å²) in [4.78, 5) is 3.74. The molecule has 60 valence electrons. The lowest BCUT2D eigenvalue weighted by Gasteiger charge is -2.07. The minimum atomic E-state index is 0.231. The van der Waals surface area contributed by atoms with Gasteiger partial charge in [0.15, 0.2) is 5.82 Å². The van der Waals surface area contributed by atoms with Gasteiger partial charge in [0, 0.05) is 0 Å². The van der Waals surface area contributed by atoms with Crippen LogP contribution in [0.3, 0.4) is 0 Å². The maximum absolute atomic E-state index is 5.52. The third kappa shape index (κ3) is 1.12. The van der Waals surface area contributed by atoms with Crippen LogP contribution in [-0.4, -0.2) is 9.66 Å². The van der Waals surface area contributed by atoms with Crippen molar-refractivity contribution in [1.29, 1.82) is 0 Å². The highest BCUT2D eigenvalue weighted by Crippen LogP contribution is 2.14. The minimum absolute atomic E-state index is 0.231. The number of aromatic nitrogens is 2. The van der Waals surface area contributed by atoms with Gasteiger partial charge in [0.25, 0.3) is 0 Å². The molecule has 11 heavy (non-hydrogen) atoms. The van der Waals surface area contributed by atoms with Crippen molar-refractivity contribution in [2.45, 2.75) is 6.92 Å². The second-order valence-corrected chi connectivity index (χ2v) is 2.51. The van der Waals surface area contributed by atoms with Crippen LogP contribution in [0, 0.1) is 11.7 Å². The second-order valence-electron chi connectivity index (χ2n) is 2.15. The molecule has 0 fully saturated rings. The minimum Gasteiger partial charge on any atom is -0.394 e.